The third kappa shape index (κ3) is 4.02. The molecule has 128 valence electrons. The highest BCUT2D eigenvalue weighted by molar-refractivity contribution is 7.14. The van der Waals surface area contributed by atoms with Crippen LogP contribution < -0.4 is 4.74 Å². The van der Waals surface area contributed by atoms with E-state index in [2.05, 4.69) is 4.90 Å². The van der Waals surface area contributed by atoms with Gasteiger partial charge in [-0.15, -0.1) is 11.3 Å². The van der Waals surface area contributed by atoms with Crippen LogP contribution in [0.15, 0.2) is 24.3 Å². The van der Waals surface area contributed by atoms with E-state index in [-0.39, 0.29) is 11.8 Å². The minimum atomic E-state index is -0.171. The van der Waals surface area contributed by atoms with E-state index in [9.17, 15) is 9.18 Å². The largest absolute Gasteiger partial charge is 0.415 e. The number of rotatable bonds is 5. The normalized spacial score (nSPS) is 14.5. The number of halogens is 1. The van der Waals surface area contributed by atoms with Gasteiger partial charge in [-0.1, -0.05) is 24.6 Å². The number of carbonyl (C=O) groups excluding carboxylic acids is 1. The zero-order valence-electron chi connectivity index (χ0n) is 14.1. The van der Waals surface area contributed by atoms with Crippen molar-refractivity contribution in [1.29, 1.82) is 0 Å². The molecule has 0 bridgehead atoms. The van der Waals surface area contributed by atoms with E-state index in [0.29, 0.717) is 18.0 Å². The van der Waals surface area contributed by atoms with Crippen LogP contribution in [-0.2, 0) is 24.3 Å². The van der Waals surface area contributed by atoms with E-state index in [1.165, 1.54) is 16.5 Å². The maximum atomic E-state index is 14.0. The molecule has 0 atom stereocenters. The highest BCUT2D eigenvalue weighted by Gasteiger charge is 2.21. The number of nitrogens with zero attached hydrogens (tertiary/aromatic N) is 1. The summed E-state index contributed by atoms with van der Waals surface area (Å²) < 4.78 is 19.4. The molecule has 0 saturated heterocycles. The summed E-state index contributed by atoms with van der Waals surface area (Å²) in [6.45, 7) is 6.21. The van der Waals surface area contributed by atoms with Crippen molar-refractivity contribution in [2.24, 2.45) is 0 Å². The van der Waals surface area contributed by atoms with Crippen LogP contribution in [0.2, 0.25) is 0 Å². The Kier molecular flexibility index (Phi) is 5.31. The maximum Gasteiger partial charge on any atom is 0.311 e. The molecule has 0 unspecified atom stereocenters. The minimum Gasteiger partial charge on any atom is -0.415 e. The van der Waals surface area contributed by atoms with E-state index in [1.54, 1.807) is 17.4 Å². The molecule has 5 heteroatoms. The summed E-state index contributed by atoms with van der Waals surface area (Å²) in [5, 5.41) is 0.682. The molecule has 3 rings (SSSR count). The van der Waals surface area contributed by atoms with Crippen LogP contribution in [-0.4, -0.2) is 17.4 Å². The average Bonchev–Trinajstić information content (AvgIpc) is 2.92. The predicted octanol–water partition coefficient (Wildman–Crippen LogP) is 4.46. The molecule has 24 heavy (non-hydrogen) atoms. The van der Waals surface area contributed by atoms with Crippen molar-refractivity contribution in [2.75, 3.05) is 6.54 Å². The van der Waals surface area contributed by atoms with Crippen LogP contribution in [0.25, 0.3) is 0 Å². The van der Waals surface area contributed by atoms with Crippen LogP contribution >= 0.6 is 11.3 Å². The second-order valence-electron chi connectivity index (χ2n) is 6.29. The Morgan fingerprint density at radius 3 is 3.00 bits per heavy atom. The van der Waals surface area contributed by atoms with Crippen LogP contribution in [0.3, 0.4) is 0 Å². The molecule has 0 saturated carbocycles. The maximum absolute atomic E-state index is 14.0. The third-order valence-corrected chi connectivity index (χ3v) is 5.30. The Morgan fingerprint density at radius 1 is 1.38 bits per heavy atom. The molecule has 0 N–H and O–H groups in total. The zero-order valence-corrected chi connectivity index (χ0v) is 14.9. The number of hydrogen-bond acceptors (Lipinski definition) is 4. The van der Waals surface area contributed by atoms with Gasteiger partial charge in [-0.3, -0.25) is 9.69 Å². The van der Waals surface area contributed by atoms with Gasteiger partial charge in [0, 0.05) is 36.5 Å². The molecule has 1 aromatic carbocycles. The number of fused-ring (bicyclic) bond motifs is 1. The first-order chi connectivity index (χ1) is 11.5. The van der Waals surface area contributed by atoms with Crippen LogP contribution in [0, 0.1) is 12.7 Å². The van der Waals surface area contributed by atoms with E-state index in [4.69, 9.17) is 4.74 Å². The molecule has 0 radical (unpaired) electrons. The first kappa shape index (κ1) is 17.1. The highest BCUT2D eigenvalue weighted by atomic mass is 32.1. The van der Waals surface area contributed by atoms with E-state index >= 15 is 0 Å². The molecule has 2 heterocycles. The average molecular weight is 347 g/mol. The summed E-state index contributed by atoms with van der Waals surface area (Å²) in [5.74, 6) is -0.319. The quantitative estimate of drug-likeness (QED) is 0.748. The van der Waals surface area contributed by atoms with Crippen molar-refractivity contribution in [1.82, 2.24) is 4.90 Å². The lowest BCUT2D eigenvalue weighted by Gasteiger charge is -2.26. The summed E-state index contributed by atoms with van der Waals surface area (Å²) in [5.41, 5.74) is 3.01. The number of hydrogen-bond donors (Lipinski definition) is 0. The van der Waals surface area contributed by atoms with Gasteiger partial charge < -0.3 is 4.74 Å². The number of carbonyl (C=O) groups is 1. The SMILES string of the molecule is CCCC(=O)Oc1cc2c(s1)CCN(Cc1cc(C)ccc1F)C2. The minimum absolute atomic E-state index is 0.147. The fourth-order valence-corrected chi connectivity index (χ4v) is 4.01. The molecule has 0 spiro atoms. The van der Waals surface area contributed by atoms with E-state index in [1.807, 2.05) is 26.0 Å². The van der Waals surface area contributed by atoms with Gasteiger partial charge in [-0.2, -0.15) is 0 Å². The Morgan fingerprint density at radius 2 is 2.21 bits per heavy atom. The molecule has 1 aliphatic rings. The van der Waals surface area contributed by atoms with Crippen LogP contribution in [0.5, 0.6) is 5.06 Å². The lowest BCUT2D eigenvalue weighted by atomic mass is 10.1. The van der Waals surface area contributed by atoms with Crippen molar-refractivity contribution in [3.05, 3.63) is 51.7 Å². The molecule has 2 aromatic rings. The third-order valence-electron chi connectivity index (χ3n) is 4.19. The van der Waals surface area contributed by atoms with Gasteiger partial charge >= 0.3 is 5.97 Å². The monoisotopic (exact) mass is 347 g/mol. The number of aryl methyl sites for hydroxylation is 1. The number of thiophene rings is 1. The molecule has 1 aliphatic heterocycles. The fraction of sp³-hybridized carbons (Fsp3) is 0.421. The zero-order chi connectivity index (χ0) is 17.1. The van der Waals surface area contributed by atoms with Gasteiger partial charge in [-0.25, -0.2) is 4.39 Å². The Bertz CT molecular complexity index is 741. The Labute approximate surface area is 146 Å². The van der Waals surface area contributed by atoms with Gasteiger partial charge in [0.2, 0.25) is 0 Å². The summed E-state index contributed by atoms with van der Waals surface area (Å²) in [7, 11) is 0. The predicted molar refractivity (Wildman–Crippen MR) is 93.8 cm³/mol. The second kappa shape index (κ2) is 7.45. The first-order valence-corrected chi connectivity index (χ1v) is 9.16. The Balaban J connectivity index is 1.67. The fourth-order valence-electron chi connectivity index (χ4n) is 2.98. The van der Waals surface area contributed by atoms with Crippen molar-refractivity contribution in [3.8, 4) is 5.06 Å². The molecule has 0 amide bonds. The van der Waals surface area contributed by atoms with E-state index < -0.39 is 0 Å². The molecular formula is C19H22FNO2S. The molecule has 0 aliphatic carbocycles. The van der Waals surface area contributed by atoms with E-state index in [0.717, 1.165) is 37.1 Å². The van der Waals surface area contributed by atoms with Crippen LogP contribution in [0.1, 0.15) is 41.3 Å². The summed E-state index contributed by atoms with van der Waals surface area (Å²) in [4.78, 5) is 15.1. The van der Waals surface area contributed by atoms with Gasteiger partial charge in [0.25, 0.3) is 0 Å². The topological polar surface area (TPSA) is 29.5 Å². The van der Waals surface area contributed by atoms with Gasteiger partial charge in [-0.05, 0) is 37.5 Å². The standard InChI is InChI=1S/C19H22FNO2S/c1-3-4-18(22)23-19-10-15-12-21(8-7-17(15)24-19)11-14-9-13(2)5-6-16(14)20/h5-6,9-10H,3-4,7-8,11-12H2,1-2H3. The highest BCUT2D eigenvalue weighted by Crippen LogP contribution is 2.34. The Hall–Kier alpha value is -1.72. The molecular weight excluding hydrogens is 325 g/mol. The number of esters is 1. The molecule has 1 aromatic heterocycles. The first-order valence-electron chi connectivity index (χ1n) is 8.34. The van der Waals surface area contributed by atoms with Crippen molar-refractivity contribution >= 4 is 17.3 Å². The lowest BCUT2D eigenvalue weighted by Crippen LogP contribution is -2.29. The lowest BCUT2D eigenvalue weighted by molar-refractivity contribution is -0.134. The molecule has 3 nitrogen and oxygen atoms in total. The number of ether oxygens (including phenoxy) is 1. The summed E-state index contributed by atoms with van der Waals surface area (Å²) in [6.07, 6.45) is 2.15. The van der Waals surface area contributed by atoms with Crippen LogP contribution in [0.4, 0.5) is 4.39 Å². The summed E-state index contributed by atoms with van der Waals surface area (Å²) in [6, 6.07) is 7.21. The van der Waals surface area contributed by atoms with Crippen molar-refractivity contribution in [3.63, 3.8) is 0 Å². The second-order valence-corrected chi connectivity index (χ2v) is 7.39. The molecule has 0 fully saturated rings. The van der Waals surface area contributed by atoms with Gasteiger partial charge in [0.15, 0.2) is 5.06 Å². The number of benzene rings is 1. The summed E-state index contributed by atoms with van der Waals surface area (Å²) >= 11 is 1.56. The van der Waals surface area contributed by atoms with Gasteiger partial charge in [0.1, 0.15) is 5.82 Å². The van der Waals surface area contributed by atoms with Gasteiger partial charge in [0.05, 0.1) is 0 Å². The van der Waals surface area contributed by atoms with Crippen molar-refractivity contribution in [2.45, 2.75) is 46.2 Å². The smallest absolute Gasteiger partial charge is 0.311 e. The van der Waals surface area contributed by atoms with Crippen molar-refractivity contribution < 1.29 is 13.9 Å².